The fourth-order valence-electron chi connectivity index (χ4n) is 3.92. The molecule has 0 radical (unpaired) electrons. The molecule has 7 nitrogen and oxygen atoms in total. The third-order valence-electron chi connectivity index (χ3n) is 5.30. The number of nitrogens with one attached hydrogen (secondary N) is 2. The predicted molar refractivity (Wildman–Crippen MR) is 110 cm³/mol. The molecule has 0 amide bonds. The summed E-state index contributed by atoms with van der Waals surface area (Å²) >= 11 is 6.04. The van der Waals surface area contributed by atoms with Crippen LogP contribution < -0.4 is 5.32 Å². The van der Waals surface area contributed by atoms with Gasteiger partial charge in [-0.3, -0.25) is 0 Å². The van der Waals surface area contributed by atoms with Crippen LogP contribution in [0.5, 0.6) is 0 Å². The number of imidazole rings is 2. The lowest BCUT2D eigenvalue weighted by atomic mass is 10.1. The number of halogens is 4. The summed E-state index contributed by atoms with van der Waals surface area (Å²) in [5.41, 5.74) is -0.741. The molecule has 1 aromatic carbocycles. The van der Waals surface area contributed by atoms with Crippen LogP contribution in [0.4, 0.5) is 13.2 Å². The van der Waals surface area contributed by atoms with E-state index in [-0.39, 0.29) is 17.1 Å². The van der Waals surface area contributed by atoms with Crippen LogP contribution >= 0.6 is 11.6 Å². The Balaban J connectivity index is 1.75. The molecule has 162 valence electrons. The average molecular weight is 451 g/mol. The lowest BCUT2D eigenvalue weighted by molar-refractivity contribution is -0.139. The smallest absolute Gasteiger partial charge is 0.376 e. The van der Waals surface area contributed by atoms with Crippen molar-refractivity contribution in [1.82, 2.24) is 29.8 Å². The standard InChI is InChI=1S/C20H18ClF3N6O/c21-11-1-2-13-14(9-11)28-17(20(22,23)24)15-16(13)30(7-3-12-10-25-6-8-31-12)19(29-15)18-26-4-5-27-18/h1-2,4-5,9,12,25H,3,6-8,10H2,(H,26,27). The number of ether oxygens (including phenoxy) is 1. The molecule has 5 rings (SSSR count). The number of H-pyrrole nitrogens is 1. The number of pyridine rings is 1. The van der Waals surface area contributed by atoms with Gasteiger partial charge in [0.15, 0.2) is 17.3 Å². The van der Waals surface area contributed by atoms with Gasteiger partial charge < -0.3 is 19.6 Å². The van der Waals surface area contributed by atoms with Gasteiger partial charge in [-0.15, -0.1) is 0 Å². The SMILES string of the molecule is FC(F)(F)c1nc2cc(Cl)ccc2c2c1nc(-c1ncc[nH]1)n2CCC1CNCCO1. The van der Waals surface area contributed by atoms with E-state index >= 15 is 0 Å². The Morgan fingerprint density at radius 3 is 2.84 bits per heavy atom. The van der Waals surface area contributed by atoms with Gasteiger partial charge in [0, 0.05) is 42.4 Å². The molecule has 1 fully saturated rings. The van der Waals surface area contributed by atoms with Crippen LogP contribution in [-0.2, 0) is 17.5 Å². The molecule has 3 aromatic heterocycles. The molecule has 11 heteroatoms. The van der Waals surface area contributed by atoms with E-state index in [1.165, 1.54) is 12.3 Å². The second kappa shape index (κ2) is 7.77. The number of nitrogens with zero attached hydrogens (tertiary/aromatic N) is 4. The van der Waals surface area contributed by atoms with Gasteiger partial charge in [-0.1, -0.05) is 11.6 Å². The highest BCUT2D eigenvalue weighted by Crippen LogP contribution is 2.38. The van der Waals surface area contributed by atoms with Gasteiger partial charge in [0.2, 0.25) is 0 Å². The zero-order valence-corrected chi connectivity index (χ0v) is 17.0. The first-order valence-corrected chi connectivity index (χ1v) is 10.2. The molecule has 1 aliphatic rings. The summed E-state index contributed by atoms with van der Waals surface area (Å²) in [4.78, 5) is 15.4. The van der Waals surface area contributed by atoms with Crippen molar-refractivity contribution in [3.05, 3.63) is 41.3 Å². The zero-order valence-electron chi connectivity index (χ0n) is 16.2. The van der Waals surface area contributed by atoms with E-state index in [9.17, 15) is 13.2 Å². The Hall–Kier alpha value is -2.69. The number of benzene rings is 1. The van der Waals surface area contributed by atoms with Gasteiger partial charge >= 0.3 is 6.18 Å². The number of alkyl halides is 3. The van der Waals surface area contributed by atoms with E-state index in [0.29, 0.717) is 53.7 Å². The first-order valence-electron chi connectivity index (χ1n) is 9.80. The molecular weight excluding hydrogens is 433 g/mol. The number of rotatable bonds is 4. The van der Waals surface area contributed by atoms with Crippen molar-refractivity contribution in [3.63, 3.8) is 0 Å². The maximum atomic E-state index is 13.9. The van der Waals surface area contributed by atoms with E-state index in [0.717, 1.165) is 6.54 Å². The normalized spacial score (nSPS) is 17.6. The van der Waals surface area contributed by atoms with Gasteiger partial charge in [0.1, 0.15) is 5.52 Å². The molecule has 31 heavy (non-hydrogen) atoms. The maximum absolute atomic E-state index is 13.9. The second-order valence-electron chi connectivity index (χ2n) is 7.33. The summed E-state index contributed by atoms with van der Waals surface area (Å²) in [6, 6.07) is 4.75. The van der Waals surface area contributed by atoms with E-state index < -0.39 is 11.9 Å². The number of aromatic amines is 1. The summed E-state index contributed by atoms with van der Waals surface area (Å²) in [7, 11) is 0. The van der Waals surface area contributed by atoms with Gasteiger partial charge in [-0.25, -0.2) is 15.0 Å². The number of aryl methyl sites for hydroxylation is 1. The predicted octanol–water partition coefficient (Wildman–Crippen LogP) is 4.03. The van der Waals surface area contributed by atoms with Crippen molar-refractivity contribution in [2.24, 2.45) is 0 Å². The van der Waals surface area contributed by atoms with Crippen LogP contribution in [0.3, 0.4) is 0 Å². The van der Waals surface area contributed by atoms with Crippen molar-refractivity contribution in [1.29, 1.82) is 0 Å². The van der Waals surface area contributed by atoms with E-state index in [1.54, 1.807) is 22.9 Å². The number of hydrogen-bond donors (Lipinski definition) is 2. The summed E-state index contributed by atoms with van der Waals surface area (Å²) < 4.78 is 49.3. The van der Waals surface area contributed by atoms with Crippen molar-refractivity contribution in [3.8, 4) is 11.6 Å². The number of fused-ring (bicyclic) bond motifs is 3. The third-order valence-corrected chi connectivity index (χ3v) is 5.53. The van der Waals surface area contributed by atoms with Crippen LogP contribution in [-0.4, -0.2) is 50.3 Å². The second-order valence-corrected chi connectivity index (χ2v) is 7.76. The largest absolute Gasteiger partial charge is 0.435 e. The van der Waals surface area contributed by atoms with E-state index in [2.05, 4.69) is 25.3 Å². The molecule has 0 aliphatic carbocycles. The highest BCUT2D eigenvalue weighted by molar-refractivity contribution is 6.31. The van der Waals surface area contributed by atoms with Gasteiger partial charge in [-0.05, 0) is 24.6 Å². The van der Waals surface area contributed by atoms with E-state index in [4.69, 9.17) is 16.3 Å². The molecule has 1 saturated heterocycles. The molecule has 0 bridgehead atoms. The van der Waals surface area contributed by atoms with Gasteiger partial charge in [-0.2, -0.15) is 13.2 Å². The molecule has 1 unspecified atom stereocenters. The lowest BCUT2D eigenvalue weighted by Crippen LogP contribution is -2.38. The Bertz CT molecular complexity index is 1230. The molecule has 1 atom stereocenters. The minimum Gasteiger partial charge on any atom is -0.376 e. The Morgan fingerprint density at radius 2 is 2.13 bits per heavy atom. The number of morpholine rings is 1. The van der Waals surface area contributed by atoms with Crippen molar-refractivity contribution in [2.75, 3.05) is 19.7 Å². The first kappa shape index (κ1) is 20.2. The average Bonchev–Trinajstić information content (AvgIpc) is 3.39. The van der Waals surface area contributed by atoms with Crippen LogP contribution in [0.15, 0.2) is 30.6 Å². The fraction of sp³-hybridized carbons (Fsp3) is 0.350. The minimum atomic E-state index is -4.68. The van der Waals surface area contributed by atoms with Crippen molar-refractivity contribution >= 4 is 33.5 Å². The van der Waals surface area contributed by atoms with Gasteiger partial charge in [0.25, 0.3) is 0 Å². The molecule has 0 spiro atoms. The Kier molecular flexibility index (Phi) is 5.07. The summed E-state index contributed by atoms with van der Waals surface area (Å²) in [6.07, 6.45) is -0.974. The monoisotopic (exact) mass is 450 g/mol. The minimum absolute atomic E-state index is 0.0414. The molecule has 2 N–H and O–H groups in total. The number of hydrogen-bond acceptors (Lipinski definition) is 5. The highest BCUT2D eigenvalue weighted by Gasteiger charge is 2.38. The lowest BCUT2D eigenvalue weighted by Gasteiger charge is -2.24. The zero-order chi connectivity index (χ0) is 21.6. The first-order chi connectivity index (χ1) is 14.9. The van der Waals surface area contributed by atoms with Crippen LogP contribution in [0.25, 0.3) is 33.6 Å². The van der Waals surface area contributed by atoms with Crippen molar-refractivity contribution in [2.45, 2.75) is 25.2 Å². The topological polar surface area (TPSA) is 80.7 Å². The van der Waals surface area contributed by atoms with Crippen LogP contribution in [0.2, 0.25) is 5.02 Å². The molecule has 0 saturated carbocycles. The quantitative estimate of drug-likeness (QED) is 0.491. The summed E-state index contributed by atoms with van der Waals surface area (Å²) in [5, 5.41) is 4.12. The highest BCUT2D eigenvalue weighted by atomic mass is 35.5. The number of aromatic nitrogens is 5. The molecule has 4 aromatic rings. The maximum Gasteiger partial charge on any atom is 0.435 e. The van der Waals surface area contributed by atoms with Gasteiger partial charge in [0.05, 0.1) is 23.7 Å². The molecule has 1 aliphatic heterocycles. The summed E-state index contributed by atoms with van der Waals surface area (Å²) in [6.45, 7) is 2.48. The molecular formula is C20H18ClF3N6O. The summed E-state index contributed by atoms with van der Waals surface area (Å²) in [5.74, 6) is 0.702. The fourth-order valence-corrected chi connectivity index (χ4v) is 4.09. The van der Waals surface area contributed by atoms with Crippen LogP contribution in [0.1, 0.15) is 12.1 Å². The van der Waals surface area contributed by atoms with Crippen molar-refractivity contribution < 1.29 is 17.9 Å². The Morgan fingerprint density at radius 1 is 1.26 bits per heavy atom. The molecule has 4 heterocycles. The Labute approximate surface area is 179 Å². The third kappa shape index (κ3) is 3.75. The van der Waals surface area contributed by atoms with Crippen LogP contribution in [0, 0.1) is 0 Å². The van der Waals surface area contributed by atoms with E-state index in [1.807, 2.05) is 0 Å².